The number of nitrogens with zero attached hydrogens (tertiary/aromatic N) is 1. The molecule has 1 aromatic heterocycles. The van der Waals surface area contributed by atoms with E-state index in [2.05, 4.69) is 4.90 Å². The minimum absolute atomic E-state index is 0.120. The Balaban J connectivity index is 1.63. The van der Waals surface area contributed by atoms with Gasteiger partial charge in [-0.1, -0.05) is 0 Å². The van der Waals surface area contributed by atoms with Gasteiger partial charge in [0.2, 0.25) is 0 Å². The van der Waals surface area contributed by atoms with E-state index in [0.717, 1.165) is 24.9 Å². The zero-order valence-corrected chi connectivity index (χ0v) is 8.98. The van der Waals surface area contributed by atoms with Crippen molar-refractivity contribution in [3.63, 3.8) is 0 Å². The molecule has 3 heteroatoms. The third kappa shape index (κ3) is 2.24. The van der Waals surface area contributed by atoms with Crippen LogP contribution in [-0.4, -0.2) is 23.0 Å². The van der Waals surface area contributed by atoms with Gasteiger partial charge in [0.05, 0.1) is 12.8 Å². The van der Waals surface area contributed by atoms with Crippen molar-refractivity contribution < 1.29 is 4.42 Å². The van der Waals surface area contributed by atoms with Crippen LogP contribution in [0.4, 0.5) is 0 Å². The number of rotatable bonds is 5. The van der Waals surface area contributed by atoms with Gasteiger partial charge in [0.1, 0.15) is 5.76 Å². The molecule has 2 saturated carbocycles. The van der Waals surface area contributed by atoms with Gasteiger partial charge in [-0.05, 0) is 37.8 Å². The second-order valence-electron chi connectivity index (χ2n) is 5.08. The van der Waals surface area contributed by atoms with Crippen LogP contribution in [-0.2, 0) is 6.54 Å². The van der Waals surface area contributed by atoms with Crippen LogP contribution in [0.25, 0.3) is 0 Å². The average molecular weight is 206 g/mol. The molecule has 0 bridgehead atoms. The molecule has 0 saturated heterocycles. The first-order chi connectivity index (χ1) is 7.25. The molecular weight excluding hydrogens is 188 g/mol. The highest BCUT2D eigenvalue weighted by Crippen LogP contribution is 2.37. The zero-order valence-electron chi connectivity index (χ0n) is 8.98. The molecule has 1 heterocycles. The Morgan fingerprint density at radius 2 is 2.27 bits per heavy atom. The molecule has 2 aliphatic carbocycles. The molecule has 0 aliphatic heterocycles. The van der Waals surface area contributed by atoms with E-state index in [-0.39, 0.29) is 5.54 Å². The minimum atomic E-state index is 0.120. The second-order valence-corrected chi connectivity index (χ2v) is 5.08. The molecular formula is C12H18N2O. The molecule has 82 valence electrons. The predicted octanol–water partition coefficient (Wildman–Crippen LogP) is 1.74. The van der Waals surface area contributed by atoms with Crippen LogP contribution < -0.4 is 5.73 Å². The number of hydrogen-bond acceptors (Lipinski definition) is 3. The topological polar surface area (TPSA) is 42.4 Å². The maximum atomic E-state index is 6.17. The number of nitrogens with two attached hydrogens (primary N) is 1. The van der Waals surface area contributed by atoms with Crippen LogP contribution in [0.1, 0.15) is 31.4 Å². The van der Waals surface area contributed by atoms with Crippen LogP contribution in [0.15, 0.2) is 22.8 Å². The molecule has 15 heavy (non-hydrogen) atoms. The number of hydrogen-bond donors (Lipinski definition) is 1. The van der Waals surface area contributed by atoms with Gasteiger partial charge >= 0.3 is 0 Å². The van der Waals surface area contributed by atoms with E-state index in [0.29, 0.717) is 0 Å². The Hall–Kier alpha value is -0.800. The third-order valence-electron chi connectivity index (χ3n) is 3.41. The monoisotopic (exact) mass is 206 g/mol. The van der Waals surface area contributed by atoms with Crippen molar-refractivity contribution >= 4 is 0 Å². The first-order valence-electron chi connectivity index (χ1n) is 5.81. The van der Waals surface area contributed by atoms with E-state index in [9.17, 15) is 0 Å². The van der Waals surface area contributed by atoms with Gasteiger partial charge in [0.25, 0.3) is 0 Å². The van der Waals surface area contributed by atoms with Gasteiger partial charge in [-0.25, -0.2) is 0 Å². The van der Waals surface area contributed by atoms with E-state index in [4.69, 9.17) is 10.2 Å². The van der Waals surface area contributed by atoms with Gasteiger partial charge in [-0.15, -0.1) is 0 Å². The first kappa shape index (κ1) is 9.43. The summed E-state index contributed by atoms with van der Waals surface area (Å²) in [7, 11) is 0. The SMILES string of the molecule is NC1(CN(Cc2ccco2)C2CC2)CC1. The lowest BCUT2D eigenvalue weighted by molar-refractivity contribution is 0.214. The van der Waals surface area contributed by atoms with Crippen LogP contribution in [0, 0.1) is 0 Å². The molecule has 2 aliphatic rings. The Bertz CT molecular complexity index is 325. The van der Waals surface area contributed by atoms with Gasteiger partial charge in [-0.2, -0.15) is 0 Å². The van der Waals surface area contributed by atoms with Gasteiger partial charge in [0, 0.05) is 18.1 Å². The Labute approximate surface area is 90.2 Å². The summed E-state index contributed by atoms with van der Waals surface area (Å²) < 4.78 is 5.39. The summed E-state index contributed by atoms with van der Waals surface area (Å²) in [6, 6.07) is 4.76. The lowest BCUT2D eigenvalue weighted by Crippen LogP contribution is -2.40. The molecule has 2 fully saturated rings. The third-order valence-corrected chi connectivity index (χ3v) is 3.41. The summed E-state index contributed by atoms with van der Waals surface area (Å²) >= 11 is 0. The Morgan fingerprint density at radius 3 is 2.80 bits per heavy atom. The van der Waals surface area contributed by atoms with Crippen LogP contribution >= 0.6 is 0 Å². The van der Waals surface area contributed by atoms with Crippen molar-refractivity contribution in [3.05, 3.63) is 24.2 Å². The molecule has 0 amide bonds. The Morgan fingerprint density at radius 1 is 1.47 bits per heavy atom. The normalized spacial score (nSPS) is 23.3. The average Bonchev–Trinajstić information content (AvgIpc) is 3.11. The fraction of sp³-hybridized carbons (Fsp3) is 0.667. The highest BCUT2D eigenvalue weighted by atomic mass is 16.3. The second kappa shape index (κ2) is 3.35. The number of furan rings is 1. The molecule has 0 atom stereocenters. The summed E-state index contributed by atoms with van der Waals surface area (Å²) in [6.07, 6.45) is 6.78. The van der Waals surface area contributed by atoms with Gasteiger partial charge < -0.3 is 10.2 Å². The lowest BCUT2D eigenvalue weighted by Gasteiger charge is -2.24. The van der Waals surface area contributed by atoms with Crippen molar-refractivity contribution in [3.8, 4) is 0 Å². The zero-order chi connectivity index (χ0) is 10.3. The molecule has 2 N–H and O–H groups in total. The molecule has 0 aromatic carbocycles. The summed E-state index contributed by atoms with van der Waals surface area (Å²) in [4.78, 5) is 2.49. The van der Waals surface area contributed by atoms with Gasteiger partial charge in [0.15, 0.2) is 0 Å². The molecule has 3 nitrogen and oxygen atoms in total. The van der Waals surface area contributed by atoms with Crippen LogP contribution in [0.3, 0.4) is 0 Å². The van der Waals surface area contributed by atoms with Crippen molar-refractivity contribution in [2.45, 2.75) is 43.8 Å². The molecule has 0 unspecified atom stereocenters. The van der Waals surface area contributed by atoms with Crippen molar-refractivity contribution in [1.82, 2.24) is 4.90 Å². The largest absolute Gasteiger partial charge is 0.468 e. The lowest BCUT2D eigenvalue weighted by atomic mass is 10.2. The van der Waals surface area contributed by atoms with Gasteiger partial charge in [-0.3, -0.25) is 4.90 Å². The standard InChI is InChI=1S/C12H18N2O/c13-12(5-6-12)9-14(10-3-4-10)8-11-2-1-7-15-11/h1-2,7,10H,3-6,8-9,13H2. The molecule has 1 aromatic rings. The fourth-order valence-electron chi connectivity index (χ4n) is 2.08. The first-order valence-corrected chi connectivity index (χ1v) is 5.81. The highest BCUT2D eigenvalue weighted by Gasteiger charge is 2.42. The van der Waals surface area contributed by atoms with E-state index in [1.165, 1.54) is 25.7 Å². The smallest absolute Gasteiger partial charge is 0.117 e. The van der Waals surface area contributed by atoms with Crippen molar-refractivity contribution in [2.75, 3.05) is 6.54 Å². The van der Waals surface area contributed by atoms with Crippen molar-refractivity contribution in [2.24, 2.45) is 5.73 Å². The maximum absolute atomic E-state index is 6.17. The summed E-state index contributed by atoms with van der Waals surface area (Å²) in [6.45, 7) is 1.97. The van der Waals surface area contributed by atoms with E-state index in [1.807, 2.05) is 12.1 Å². The predicted molar refractivity (Wildman–Crippen MR) is 58.3 cm³/mol. The highest BCUT2D eigenvalue weighted by molar-refractivity contribution is 5.05. The van der Waals surface area contributed by atoms with Crippen LogP contribution in [0.2, 0.25) is 0 Å². The van der Waals surface area contributed by atoms with Crippen molar-refractivity contribution in [1.29, 1.82) is 0 Å². The minimum Gasteiger partial charge on any atom is -0.468 e. The Kier molecular flexibility index (Phi) is 2.11. The van der Waals surface area contributed by atoms with Crippen LogP contribution in [0.5, 0.6) is 0 Å². The van der Waals surface area contributed by atoms with E-state index >= 15 is 0 Å². The summed E-state index contributed by atoms with van der Waals surface area (Å²) in [5.41, 5.74) is 6.29. The molecule has 0 spiro atoms. The maximum Gasteiger partial charge on any atom is 0.117 e. The van der Waals surface area contributed by atoms with E-state index < -0.39 is 0 Å². The quantitative estimate of drug-likeness (QED) is 0.798. The fourth-order valence-corrected chi connectivity index (χ4v) is 2.08. The van der Waals surface area contributed by atoms with E-state index in [1.54, 1.807) is 6.26 Å². The summed E-state index contributed by atoms with van der Waals surface area (Å²) in [5, 5.41) is 0. The molecule has 3 rings (SSSR count). The summed E-state index contributed by atoms with van der Waals surface area (Å²) in [5.74, 6) is 1.06. The molecule has 0 radical (unpaired) electrons.